The summed E-state index contributed by atoms with van der Waals surface area (Å²) >= 11 is 3.36. The van der Waals surface area contributed by atoms with Crippen molar-refractivity contribution in [3.63, 3.8) is 0 Å². The second-order valence-corrected chi connectivity index (χ2v) is 6.42. The molecule has 0 atom stereocenters. The van der Waals surface area contributed by atoms with Gasteiger partial charge in [0.1, 0.15) is 5.82 Å². The molecule has 0 bridgehead atoms. The molecule has 5 nitrogen and oxygen atoms in total. The minimum atomic E-state index is -0.357. The number of hydrogen-bond donors (Lipinski definition) is 2. The van der Waals surface area contributed by atoms with Crippen molar-refractivity contribution in [3.05, 3.63) is 64.4 Å². The van der Waals surface area contributed by atoms with Crippen molar-refractivity contribution in [2.75, 3.05) is 25.5 Å². The van der Waals surface area contributed by atoms with Crippen LogP contribution in [-0.4, -0.2) is 36.9 Å². The Morgan fingerprint density at radius 1 is 1.04 bits per heavy atom. The second kappa shape index (κ2) is 9.29. The lowest BCUT2D eigenvalue weighted by molar-refractivity contribution is -0.123. The molecule has 0 saturated carbocycles. The van der Waals surface area contributed by atoms with Gasteiger partial charge in [-0.05, 0) is 41.2 Å². The van der Waals surface area contributed by atoms with Gasteiger partial charge in [0, 0.05) is 16.6 Å². The fraction of sp³-hybridized carbons (Fsp3) is 0.222. The quantitative estimate of drug-likeness (QED) is 0.741. The number of amides is 2. The molecule has 0 aromatic heterocycles. The molecule has 25 heavy (non-hydrogen) atoms. The van der Waals surface area contributed by atoms with Crippen molar-refractivity contribution < 1.29 is 14.0 Å². The second-order valence-electron chi connectivity index (χ2n) is 5.57. The maximum atomic E-state index is 13.5. The van der Waals surface area contributed by atoms with Crippen LogP contribution >= 0.6 is 15.9 Å². The highest BCUT2D eigenvalue weighted by Crippen LogP contribution is 2.20. The highest BCUT2D eigenvalue weighted by molar-refractivity contribution is 9.10. The van der Waals surface area contributed by atoms with Gasteiger partial charge in [-0.15, -0.1) is 0 Å². The molecule has 0 saturated heterocycles. The predicted molar refractivity (Wildman–Crippen MR) is 98.5 cm³/mol. The Labute approximate surface area is 154 Å². The third-order valence-electron chi connectivity index (χ3n) is 3.41. The standard InChI is InChI=1S/C18H19BrFN3O2/c1-23(12-18(25)22-16-9-5-3-7-14(16)19)11-17(24)21-10-13-6-2-4-8-15(13)20/h2-9H,10-12H2,1H3,(H,21,24)(H,22,25). The SMILES string of the molecule is CN(CC(=O)NCc1ccccc1F)CC(=O)Nc1ccccc1Br. The topological polar surface area (TPSA) is 61.4 Å². The third kappa shape index (κ3) is 6.28. The smallest absolute Gasteiger partial charge is 0.238 e. The van der Waals surface area contributed by atoms with Crippen LogP contribution in [0.5, 0.6) is 0 Å². The number of anilines is 1. The molecule has 0 aliphatic heterocycles. The van der Waals surface area contributed by atoms with Gasteiger partial charge in [0.15, 0.2) is 0 Å². The number of para-hydroxylation sites is 1. The summed E-state index contributed by atoms with van der Waals surface area (Å²) in [6.07, 6.45) is 0. The highest BCUT2D eigenvalue weighted by Gasteiger charge is 2.12. The molecule has 0 aliphatic carbocycles. The molecule has 0 aliphatic rings. The Bertz CT molecular complexity index is 755. The van der Waals surface area contributed by atoms with Crippen molar-refractivity contribution in [1.29, 1.82) is 0 Å². The Hall–Kier alpha value is -2.25. The Morgan fingerprint density at radius 2 is 1.68 bits per heavy atom. The zero-order valence-electron chi connectivity index (χ0n) is 13.8. The van der Waals surface area contributed by atoms with Crippen LogP contribution in [0.4, 0.5) is 10.1 Å². The number of carbonyl (C=O) groups is 2. The van der Waals surface area contributed by atoms with Crippen molar-refractivity contribution in [2.45, 2.75) is 6.54 Å². The lowest BCUT2D eigenvalue weighted by Gasteiger charge is -2.16. The molecule has 7 heteroatoms. The summed E-state index contributed by atoms with van der Waals surface area (Å²) < 4.78 is 14.3. The number of carbonyl (C=O) groups excluding carboxylic acids is 2. The average Bonchev–Trinajstić information content (AvgIpc) is 2.56. The van der Waals surface area contributed by atoms with E-state index in [2.05, 4.69) is 26.6 Å². The number of halogens is 2. The summed E-state index contributed by atoms with van der Waals surface area (Å²) in [5.74, 6) is -0.861. The third-order valence-corrected chi connectivity index (χ3v) is 4.10. The fourth-order valence-electron chi connectivity index (χ4n) is 2.19. The van der Waals surface area contributed by atoms with E-state index in [0.29, 0.717) is 11.3 Å². The Balaban J connectivity index is 1.76. The molecule has 2 N–H and O–H groups in total. The maximum Gasteiger partial charge on any atom is 0.238 e. The van der Waals surface area contributed by atoms with Gasteiger partial charge in [0.2, 0.25) is 11.8 Å². The van der Waals surface area contributed by atoms with Crippen LogP contribution in [0.1, 0.15) is 5.56 Å². The number of nitrogens with one attached hydrogen (secondary N) is 2. The summed E-state index contributed by atoms with van der Waals surface area (Å²) in [7, 11) is 1.67. The maximum absolute atomic E-state index is 13.5. The Morgan fingerprint density at radius 3 is 2.40 bits per heavy atom. The van der Waals surface area contributed by atoms with Crippen molar-refractivity contribution in [2.24, 2.45) is 0 Å². The van der Waals surface area contributed by atoms with E-state index in [1.807, 2.05) is 18.2 Å². The number of likely N-dealkylation sites (N-methyl/N-ethyl adjacent to an activating group) is 1. The van der Waals surface area contributed by atoms with Crippen molar-refractivity contribution in [3.8, 4) is 0 Å². The average molecular weight is 408 g/mol. The van der Waals surface area contributed by atoms with E-state index in [-0.39, 0.29) is 37.3 Å². The molecule has 0 radical (unpaired) electrons. The molecule has 2 aromatic rings. The van der Waals surface area contributed by atoms with E-state index in [1.54, 1.807) is 36.2 Å². The summed E-state index contributed by atoms with van der Waals surface area (Å²) in [6.45, 7) is 0.217. The molecule has 2 rings (SSSR count). The lowest BCUT2D eigenvalue weighted by atomic mass is 10.2. The summed E-state index contributed by atoms with van der Waals surface area (Å²) in [4.78, 5) is 25.5. The first-order valence-electron chi connectivity index (χ1n) is 7.68. The van der Waals surface area contributed by atoms with Crippen LogP contribution in [-0.2, 0) is 16.1 Å². The van der Waals surface area contributed by atoms with Crippen LogP contribution in [0.15, 0.2) is 53.0 Å². The van der Waals surface area contributed by atoms with Gasteiger partial charge < -0.3 is 10.6 Å². The monoisotopic (exact) mass is 407 g/mol. The molecule has 0 fully saturated rings. The molecule has 2 amide bonds. The minimum Gasteiger partial charge on any atom is -0.351 e. The van der Waals surface area contributed by atoms with Crippen molar-refractivity contribution >= 4 is 33.4 Å². The van der Waals surface area contributed by atoms with Gasteiger partial charge in [-0.3, -0.25) is 14.5 Å². The highest BCUT2D eigenvalue weighted by atomic mass is 79.9. The van der Waals surface area contributed by atoms with E-state index >= 15 is 0 Å². The number of rotatable bonds is 7. The normalized spacial score (nSPS) is 10.6. The Kier molecular flexibility index (Phi) is 7.09. The van der Waals surface area contributed by atoms with Gasteiger partial charge in [0.25, 0.3) is 0 Å². The van der Waals surface area contributed by atoms with Gasteiger partial charge in [-0.2, -0.15) is 0 Å². The van der Waals surface area contributed by atoms with Gasteiger partial charge in [-0.25, -0.2) is 4.39 Å². The van der Waals surface area contributed by atoms with Crippen molar-refractivity contribution in [1.82, 2.24) is 10.2 Å². The fourth-order valence-corrected chi connectivity index (χ4v) is 2.57. The largest absolute Gasteiger partial charge is 0.351 e. The van der Waals surface area contributed by atoms with Crippen LogP contribution < -0.4 is 10.6 Å². The minimum absolute atomic E-state index is 0.0395. The van der Waals surface area contributed by atoms with Crippen LogP contribution in [0.25, 0.3) is 0 Å². The first-order chi connectivity index (χ1) is 12.0. The van der Waals surface area contributed by atoms with Crippen LogP contribution in [0.3, 0.4) is 0 Å². The van der Waals surface area contributed by atoms with Gasteiger partial charge >= 0.3 is 0 Å². The van der Waals surface area contributed by atoms with Crippen LogP contribution in [0, 0.1) is 5.82 Å². The predicted octanol–water partition coefficient (Wildman–Crippen LogP) is 2.77. The number of nitrogens with zero attached hydrogens (tertiary/aromatic N) is 1. The molecular formula is C18H19BrFN3O2. The summed E-state index contributed by atoms with van der Waals surface area (Å²) in [6, 6.07) is 13.6. The van der Waals surface area contributed by atoms with Gasteiger partial charge in [0.05, 0.1) is 18.8 Å². The number of benzene rings is 2. The molecular weight excluding hydrogens is 389 g/mol. The first kappa shape index (κ1) is 19.1. The van der Waals surface area contributed by atoms with E-state index in [0.717, 1.165) is 4.47 Å². The van der Waals surface area contributed by atoms with E-state index < -0.39 is 0 Å². The summed E-state index contributed by atoms with van der Waals surface area (Å²) in [5, 5.41) is 5.41. The molecule has 2 aromatic carbocycles. The number of hydrogen-bond acceptors (Lipinski definition) is 3. The van der Waals surface area contributed by atoms with E-state index in [4.69, 9.17) is 0 Å². The lowest BCUT2D eigenvalue weighted by Crippen LogP contribution is -2.38. The van der Waals surface area contributed by atoms with E-state index in [1.165, 1.54) is 6.07 Å². The molecule has 0 spiro atoms. The molecule has 0 heterocycles. The zero-order chi connectivity index (χ0) is 18.2. The molecule has 0 unspecified atom stereocenters. The molecule has 132 valence electrons. The van der Waals surface area contributed by atoms with Gasteiger partial charge in [-0.1, -0.05) is 30.3 Å². The zero-order valence-corrected chi connectivity index (χ0v) is 15.3. The van der Waals surface area contributed by atoms with E-state index in [9.17, 15) is 14.0 Å². The van der Waals surface area contributed by atoms with Crippen LogP contribution in [0.2, 0.25) is 0 Å². The summed E-state index contributed by atoms with van der Waals surface area (Å²) in [5.41, 5.74) is 1.09. The first-order valence-corrected chi connectivity index (χ1v) is 8.48.